The van der Waals surface area contributed by atoms with E-state index >= 15 is 0 Å². The molecule has 0 aliphatic carbocycles. The fourth-order valence-electron chi connectivity index (χ4n) is 2.96. The van der Waals surface area contributed by atoms with E-state index in [1.54, 1.807) is 0 Å². The van der Waals surface area contributed by atoms with E-state index in [0.29, 0.717) is 13.2 Å². The number of esters is 2. The van der Waals surface area contributed by atoms with Gasteiger partial charge in [-0.3, -0.25) is 9.59 Å². The maximum absolute atomic E-state index is 11.5. The maximum Gasteiger partial charge on any atom is 0.317 e. The lowest BCUT2D eigenvalue weighted by molar-refractivity contribution is -0.155. The van der Waals surface area contributed by atoms with Crippen LogP contribution in [0.4, 0.5) is 0 Å². The van der Waals surface area contributed by atoms with Crippen molar-refractivity contribution in [3.63, 3.8) is 0 Å². The van der Waals surface area contributed by atoms with Crippen LogP contribution < -0.4 is 0 Å². The highest BCUT2D eigenvalue weighted by Gasteiger charge is 2.12. The van der Waals surface area contributed by atoms with Crippen LogP contribution in [0.15, 0.2) is 0 Å². The second kappa shape index (κ2) is 19.7. The van der Waals surface area contributed by atoms with Gasteiger partial charge in [0.25, 0.3) is 0 Å². The summed E-state index contributed by atoms with van der Waals surface area (Å²) in [6, 6.07) is 0. The summed E-state index contributed by atoms with van der Waals surface area (Å²) in [6.07, 6.45) is 18.0. The van der Waals surface area contributed by atoms with Gasteiger partial charge in [-0.05, 0) is 12.3 Å². The summed E-state index contributed by atoms with van der Waals surface area (Å²) in [5.74, 6) is -0.686. The molecule has 0 N–H and O–H groups in total. The lowest BCUT2D eigenvalue weighted by Crippen LogP contribution is -2.16. The Kier molecular flexibility index (Phi) is 18.9. The fraction of sp³-hybridized carbons (Fsp3) is 0.913. The van der Waals surface area contributed by atoms with Gasteiger partial charge in [-0.25, -0.2) is 0 Å². The maximum atomic E-state index is 11.5. The summed E-state index contributed by atoms with van der Waals surface area (Å²) >= 11 is 0. The molecule has 0 aromatic heterocycles. The van der Waals surface area contributed by atoms with Crippen LogP contribution in [0.5, 0.6) is 0 Å². The van der Waals surface area contributed by atoms with Gasteiger partial charge in [-0.2, -0.15) is 0 Å². The normalized spacial score (nSPS) is 11.0. The third kappa shape index (κ3) is 21.1. The lowest BCUT2D eigenvalue weighted by Gasteiger charge is -2.07. The molecular formula is C23H44O4. The molecule has 0 unspecified atom stereocenters. The molecule has 0 amide bonds. The van der Waals surface area contributed by atoms with E-state index in [1.165, 1.54) is 77.0 Å². The standard InChI is InChI=1S/C23H44O4/c1-4-5-6-7-8-9-10-11-12-13-14-15-16-17-18-26-22(24)19-23(25)27-20-21(2)3/h21H,4-20H2,1-3H3. The second-order valence-electron chi connectivity index (χ2n) is 8.07. The van der Waals surface area contributed by atoms with Crippen LogP contribution in [0.2, 0.25) is 0 Å². The first-order valence-corrected chi connectivity index (χ1v) is 11.4. The highest BCUT2D eigenvalue weighted by atomic mass is 16.6. The van der Waals surface area contributed by atoms with Crippen molar-refractivity contribution in [3.8, 4) is 0 Å². The van der Waals surface area contributed by atoms with Crippen molar-refractivity contribution >= 4 is 11.9 Å². The summed E-state index contributed by atoms with van der Waals surface area (Å²) in [5, 5.41) is 0. The minimum Gasteiger partial charge on any atom is -0.465 e. The third-order valence-corrected chi connectivity index (χ3v) is 4.63. The lowest BCUT2D eigenvalue weighted by atomic mass is 10.0. The quantitative estimate of drug-likeness (QED) is 0.143. The highest BCUT2D eigenvalue weighted by Crippen LogP contribution is 2.13. The molecule has 0 rings (SSSR count). The molecule has 0 aliphatic heterocycles. The van der Waals surface area contributed by atoms with Crippen LogP contribution in [0.1, 0.15) is 117 Å². The summed E-state index contributed by atoms with van der Waals surface area (Å²) in [6.45, 7) is 6.95. The number of hydrogen-bond acceptors (Lipinski definition) is 4. The number of carbonyl (C=O) groups excluding carboxylic acids is 2. The van der Waals surface area contributed by atoms with E-state index in [1.807, 2.05) is 13.8 Å². The Morgan fingerprint density at radius 3 is 1.48 bits per heavy atom. The van der Waals surface area contributed by atoms with Crippen LogP contribution in [-0.4, -0.2) is 25.2 Å². The topological polar surface area (TPSA) is 52.6 Å². The number of unbranched alkanes of at least 4 members (excludes halogenated alkanes) is 13. The van der Waals surface area contributed by atoms with E-state index in [2.05, 4.69) is 6.92 Å². The summed E-state index contributed by atoms with van der Waals surface area (Å²) in [5.41, 5.74) is 0. The van der Waals surface area contributed by atoms with Gasteiger partial charge in [0.1, 0.15) is 6.42 Å². The molecule has 0 aliphatic rings. The van der Waals surface area contributed by atoms with Crippen molar-refractivity contribution in [2.45, 2.75) is 117 Å². The van der Waals surface area contributed by atoms with E-state index < -0.39 is 11.9 Å². The number of rotatable bonds is 19. The largest absolute Gasteiger partial charge is 0.465 e. The zero-order chi connectivity index (χ0) is 20.2. The molecule has 0 bridgehead atoms. The smallest absolute Gasteiger partial charge is 0.317 e. The van der Waals surface area contributed by atoms with Gasteiger partial charge < -0.3 is 9.47 Å². The summed E-state index contributed by atoms with van der Waals surface area (Å²) in [4.78, 5) is 22.9. The first kappa shape index (κ1) is 25.9. The van der Waals surface area contributed by atoms with E-state index in [0.717, 1.165) is 12.8 Å². The zero-order valence-electron chi connectivity index (χ0n) is 18.2. The van der Waals surface area contributed by atoms with Crippen molar-refractivity contribution < 1.29 is 19.1 Å². The minimum atomic E-state index is -0.491. The molecule has 0 atom stereocenters. The molecule has 0 aromatic rings. The van der Waals surface area contributed by atoms with Gasteiger partial charge >= 0.3 is 11.9 Å². The molecule has 0 radical (unpaired) electrons. The molecule has 4 heteroatoms. The molecule has 4 nitrogen and oxygen atoms in total. The molecule has 0 fully saturated rings. The Labute approximate surface area is 167 Å². The third-order valence-electron chi connectivity index (χ3n) is 4.63. The van der Waals surface area contributed by atoms with Gasteiger partial charge in [0, 0.05) is 0 Å². The van der Waals surface area contributed by atoms with Crippen LogP contribution in [-0.2, 0) is 19.1 Å². The van der Waals surface area contributed by atoms with Crippen molar-refractivity contribution in [2.24, 2.45) is 5.92 Å². The van der Waals surface area contributed by atoms with Crippen LogP contribution >= 0.6 is 0 Å². The minimum absolute atomic E-state index is 0.272. The average molecular weight is 385 g/mol. The zero-order valence-corrected chi connectivity index (χ0v) is 18.2. The monoisotopic (exact) mass is 384 g/mol. The Balaban J connectivity index is 3.24. The van der Waals surface area contributed by atoms with Crippen LogP contribution in [0.25, 0.3) is 0 Å². The van der Waals surface area contributed by atoms with E-state index in [4.69, 9.17) is 9.47 Å². The van der Waals surface area contributed by atoms with Crippen molar-refractivity contribution in [2.75, 3.05) is 13.2 Å². The van der Waals surface area contributed by atoms with Gasteiger partial charge in [-0.15, -0.1) is 0 Å². The molecule has 0 saturated carbocycles. The van der Waals surface area contributed by atoms with Crippen molar-refractivity contribution in [1.29, 1.82) is 0 Å². The molecule has 0 saturated heterocycles. The second-order valence-corrected chi connectivity index (χ2v) is 8.07. The summed E-state index contributed by atoms with van der Waals surface area (Å²) in [7, 11) is 0. The molecule has 0 heterocycles. The Bertz CT molecular complexity index is 352. The average Bonchev–Trinajstić information content (AvgIpc) is 2.63. The highest BCUT2D eigenvalue weighted by molar-refractivity contribution is 5.91. The van der Waals surface area contributed by atoms with Gasteiger partial charge in [0.15, 0.2) is 0 Å². The number of ether oxygens (including phenoxy) is 2. The Morgan fingerprint density at radius 1 is 0.630 bits per heavy atom. The summed E-state index contributed by atoms with van der Waals surface area (Å²) < 4.78 is 10.0. The molecule has 27 heavy (non-hydrogen) atoms. The van der Waals surface area contributed by atoms with E-state index in [9.17, 15) is 9.59 Å². The predicted octanol–water partition coefficient (Wildman–Crippen LogP) is 6.60. The Morgan fingerprint density at radius 2 is 1.04 bits per heavy atom. The first-order chi connectivity index (χ1) is 13.1. The number of hydrogen-bond donors (Lipinski definition) is 0. The molecule has 0 aromatic carbocycles. The van der Waals surface area contributed by atoms with Gasteiger partial charge in [0.05, 0.1) is 13.2 Å². The van der Waals surface area contributed by atoms with Gasteiger partial charge in [-0.1, -0.05) is 104 Å². The molecule has 160 valence electrons. The van der Waals surface area contributed by atoms with Gasteiger partial charge in [0.2, 0.25) is 0 Å². The predicted molar refractivity (Wildman–Crippen MR) is 112 cm³/mol. The van der Waals surface area contributed by atoms with Crippen molar-refractivity contribution in [1.82, 2.24) is 0 Å². The molecular weight excluding hydrogens is 340 g/mol. The van der Waals surface area contributed by atoms with Crippen LogP contribution in [0, 0.1) is 5.92 Å². The SMILES string of the molecule is CCCCCCCCCCCCCCCCOC(=O)CC(=O)OCC(C)C. The van der Waals surface area contributed by atoms with Crippen LogP contribution in [0.3, 0.4) is 0 Å². The Hall–Kier alpha value is -1.06. The van der Waals surface area contributed by atoms with E-state index in [-0.39, 0.29) is 12.3 Å². The molecule has 0 spiro atoms. The van der Waals surface area contributed by atoms with Crippen molar-refractivity contribution in [3.05, 3.63) is 0 Å². The number of carbonyl (C=O) groups is 2. The fourth-order valence-corrected chi connectivity index (χ4v) is 2.96. The first-order valence-electron chi connectivity index (χ1n) is 11.4.